The van der Waals surface area contributed by atoms with Gasteiger partial charge in [0.05, 0.1) is 50.8 Å². The summed E-state index contributed by atoms with van der Waals surface area (Å²) in [7, 11) is 8.59. The molecule has 30 heteroatoms. The number of amides is 12. The van der Waals surface area contributed by atoms with E-state index in [1.54, 1.807) is 11.8 Å². The maximum Gasteiger partial charge on any atom is 0.393 e. The number of likely N-dealkylation sites (N-methyl/N-ethyl adjacent to an activating group) is 6. The van der Waals surface area contributed by atoms with E-state index in [9.17, 15) is 37.1 Å². The molecule has 8 aliphatic rings. The Balaban J connectivity index is 1.17. The first-order valence-electron chi connectivity index (χ1n) is 38.0. The SMILES string of the molecule is CCCOC[C@H]1C(=O)N(C)CC(=O)N[C@@H](CCC2CCC(C(F)(F)F)C(Cl)C2)C(=O)N2CCC[C@H]2C(=O)NC2(CCCC2)C(=O)N(C)[C@@H](C2CCCC2)C(=O)N(C)[C@H](C(=O)N2C3CCC2COC3)CC(=O)N(C)[C@@H](CCC(C)C)C(=O)N[C@@H]([C@@H](C)CC)C(=O)N(C)[C@@H](C)C(=O)N2CC[C@H]2C(=O)N1C. The number of hydrogen-bond acceptors (Lipinski definition) is 14. The summed E-state index contributed by atoms with van der Waals surface area (Å²) < 4.78 is 53.8. The highest BCUT2D eigenvalue weighted by molar-refractivity contribution is 6.21. The predicted molar refractivity (Wildman–Crippen MR) is 376 cm³/mol. The number of morpholine rings is 1. The van der Waals surface area contributed by atoms with Crippen LogP contribution in [0.15, 0.2) is 0 Å². The van der Waals surface area contributed by atoms with Gasteiger partial charge >= 0.3 is 6.18 Å². The highest BCUT2D eigenvalue weighted by Gasteiger charge is 2.54. The Morgan fingerprint density at radius 3 is 1.90 bits per heavy atom. The van der Waals surface area contributed by atoms with E-state index in [2.05, 4.69) is 16.0 Å². The van der Waals surface area contributed by atoms with Gasteiger partial charge in [-0.2, -0.15) is 13.2 Å². The molecule has 5 saturated heterocycles. The van der Waals surface area contributed by atoms with Crippen LogP contribution < -0.4 is 16.0 Å². The third-order valence-electron chi connectivity index (χ3n) is 24.0. The van der Waals surface area contributed by atoms with Crippen molar-refractivity contribution in [3.05, 3.63) is 0 Å². The lowest BCUT2D eigenvalue weighted by Gasteiger charge is -2.45. The molecule has 0 aromatic rings. The lowest BCUT2D eigenvalue weighted by molar-refractivity contribution is -0.182. The van der Waals surface area contributed by atoms with Crippen molar-refractivity contribution in [2.45, 2.75) is 273 Å². The standard InChI is InChI=1S/C73H116ClF3N12O14/c1-13-36-102-42-57-66(96)81(7)39-58(90)78-52(29-25-46-24-28-50(51(74)37-46)73(75,76)77)65(95)87-34-19-22-54(87)63(93)80-72(32-17-18-33-72)71(101)86(12)61(47-20-15-16-21-47)70(100)84(10)56(68(98)89-48-26-27-49(89)41-103-40-48)38-59(91)83(9)53(30-23-43(3)4)62(92)79-60(44(5)14-2)69(99)82(8)45(6)64(94)88-35-31-55(88)67(97)85(57)11/h43-57,60-61H,13-42H2,1-12H3,(H,78,90)(H,79,92)(H,80,93)/t44-,45-,46?,48?,49?,50?,51?,52-,53-,54-,55-,56-,57-,60-,61-/m0/s1. The van der Waals surface area contributed by atoms with Crippen LogP contribution in [0.1, 0.15) is 189 Å². The number of carbonyl (C=O) groups excluding carboxylic acids is 12. The molecular weight excluding hydrogens is 1360 g/mol. The van der Waals surface area contributed by atoms with Gasteiger partial charge in [-0.15, -0.1) is 11.6 Å². The van der Waals surface area contributed by atoms with Crippen molar-refractivity contribution in [2.75, 3.05) is 88.3 Å². The minimum atomic E-state index is -4.52. The van der Waals surface area contributed by atoms with Crippen LogP contribution in [0.4, 0.5) is 13.2 Å². The van der Waals surface area contributed by atoms with Gasteiger partial charge in [-0.05, 0) is 140 Å². The van der Waals surface area contributed by atoms with E-state index in [4.69, 9.17) is 21.1 Å². The van der Waals surface area contributed by atoms with Crippen LogP contribution in [0, 0.1) is 29.6 Å². The van der Waals surface area contributed by atoms with Crippen LogP contribution >= 0.6 is 11.6 Å². The molecule has 5 heterocycles. The van der Waals surface area contributed by atoms with Gasteiger partial charge in [-0.25, -0.2) is 0 Å². The number of carbonyl (C=O) groups is 12. The fourth-order valence-corrected chi connectivity index (χ4v) is 17.5. The molecule has 580 valence electrons. The van der Waals surface area contributed by atoms with Crippen molar-refractivity contribution in [3.8, 4) is 0 Å². The van der Waals surface area contributed by atoms with Crippen LogP contribution in [0.25, 0.3) is 0 Å². The first-order valence-corrected chi connectivity index (χ1v) is 38.4. The van der Waals surface area contributed by atoms with Gasteiger partial charge in [0.15, 0.2) is 0 Å². The Morgan fingerprint density at radius 1 is 0.660 bits per heavy atom. The molecule has 3 N–H and O–H groups in total. The Hall–Kier alpha value is -6.36. The quantitative estimate of drug-likeness (QED) is 0.155. The zero-order chi connectivity index (χ0) is 75.7. The molecule has 3 aliphatic carbocycles. The van der Waals surface area contributed by atoms with Crippen LogP contribution in [-0.4, -0.2) is 287 Å². The molecular formula is C73H116ClF3N12O14. The fraction of sp³-hybridized carbons (Fsp3) is 0.836. The van der Waals surface area contributed by atoms with Crippen molar-refractivity contribution in [3.63, 3.8) is 0 Å². The molecule has 0 radical (unpaired) electrons. The molecule has 26 nitrogen and oxygen atoms in total. The fourth-order valence-electron chi connectivity index (χ4n) is 17.0. The van der Waals surface area contributed by atoms with E-state index in [0.717, 1.165) is 22.6 Å². The number of hydrogen-bond donors (Lipinski definition) is 3. The van der Waals surface area contributed by atoms with Crippen LogP contribution in [-0.2, 0) is 67.0 Å². The van der Waals surface area contributed by atoms with Gasteiger partial charge in [0.1, 0.15) is 59.9 Å². The van der Waals surface area contributed by atoms with Crippen molar-refractivity contribution in [1.82, 2.24) is 60.0 Å². The van der Waals surface area contributed by atoms with Gasteiger partial charge in [-0.1, -0.05) is 66.7 Å². The van der Waals surface area contributed by atoms with Crippen molar-refractivity contribution >= 4 is 82.5 Å². The largest absolute Gasteiger partial charge is 0.393 e. The topological polar surface area (TPSA) is 289 Å². The highest BCUT2D eigenvalue weighted by atomic mass is 35.5. The predicted octanol–water partition coefficient (Wildman–Crippen LogP) is 4.85. The normalized spacial score (nSPS) is 32.1. The lowest BCUT2D eigenvalue weighted by Crippen LogP contribution is -2.65. The Kier molecular flexibility index (Phi) is 28.6. The molecule has 15 atom stereocenters. The minimum Gasteiger partial charge on any atom is -0.379 e. The molecule has 8 fully saturated rings. The molecule has 12 amide bonds. The Labute approximate surface area is 610 Å². The second-order valence-electron chi connectivity index (χ2n) is 31.3. The third-order valence-corrected chi connectivity index (χ3v) is 24.5. The van der Waals surface area contributed by atoms with E-state index in [1.807, 2.05) is 27.7 Å². The van der Waals surface area contributed by atoms with Crippen LogP contribution in [0.2, 0.25) is 0 Å². The van der Waals surface area contributed by atoms with Gasteiger partial charge in [-0.3, -0.25) is 57.5 Å². The summed E-state index contributed by atoms with van der Waals surface area (Å²) in [5.74, 6) is -10.7. The van der Waals surface area contributed by atoms with E-state index in [-0.39, 0.29) is 128 Å². The highest BCUT2D eigenvalue weighted by Crippen LogP contribution is 2.44. The molecule has 5 aliphatic heterocycles. The van der Waals surface area contributed by atoms with Crippen LogP contribution in [0.5, 0.6) is 0 Å². The molecule has 0 aromatic heterocycles. The Bertz CT molecular complexity index is 3050. The smallest absolute Gasteiger partial charge is 0.379 e. The number of nitrogens with one attached hydrogen (secondary N) is 3. The zero-order valence-electron chi connectivity index (χ0n) is 62.8. The lowest BCUT2D eigenvalue weighted by atomic mass is 9.78. The van der Waals surface area contributed by atoms with Crippen molar-refractivity contribution < 1.29 is 80.2 Å². The molecule has 8 rings (SSSR count). The summed E-state index contributed by atoms with van der Waals surface area (Å²) in [6.07, 6.45) is 2.33. The van der Waals surface area contributed by atoms with Gasteiger partial charge in [0, 0.05) is 67.4 Å². The number of rotatable bonds is 14. The molecule has 0 aromatic carbocycles. The van der Waals surface area contributed by atoms with Crippen LogP contribution in [0.3, 0.4) is 0 Å². The second-order valence-corrected chi connectivity index (χ2v) is 31.9. The van der Waals surface area contributed by atoms with E-state index >= 15 is 33.6 Å². The number of alkyl halides is 4. The Morgan fingerprint density at radius 2 is 1.31 bits per heavy atom. The zero-order valence-corrected chi connectivity index (χ0v) is 63.5. The minimum absolute atomic E-state index is 0.0130. The number of ether oxygens (including phenoxy) is 2. The molecule has 1 spiro atoms. The average Bonchev–Trinajstić information content (AvgIpc) is 1.74. The van der Waals surface area contributed by atoms with Gasteiger partial charge < -0.3 is 69.5 Å². The van der Waals surface area contributed by atoms with Gasteiger partial charge in [0.2, 0.25) is 70.9 Å². The number of fused-ring (bicyclic) bond motifs is 4. The van der Waals surface area contributed by atoms with Crippen molar-refractivity contribution in [2.24, 2.45) is 29.6 Å². The molecule has 3 saturated carbocycles. The summed E-state index contributed by atoms with van der Waals surface area (Å²) in [5, 5.41) is 7.62. The third kappa shape index (κ3) is 18.9. The second kappa shape index (κ2) is 35.8. The molecule has 2 bridgehead atoms. The summed E-state index contributed by atoms with van der Waals surface area (Å²) in [6.45, 7) is 10.8. The summed E-state index contributed by atoms with van der Waals surface area (Å²) in [6, 6.07) is -11.9. The maximum absolute atomic E-state index is 15.9. The monoisotopic (exact) mass is 1480 g/mol. The molecule has 5 unspecified atom stereocenters. The summed E-state index contributed by atoms with van der Waals surface area (Å²) in [4.78, 5) is 193. The van der Waals surface area contributed by atoms with E-state index in [0.29, 0.717) is 64.2 Å². The first-order chi connectivity index (χ1) is 48.7. The first kappa shape index (κ1) is 82.3. The summed E-state index contributed by atoms with van der Waals surface area (Å²) >= 11 is 6.40. The molecule has 103 heavy (non-hydrogen) atoms. The van der Waals surface area contributed by atoms with E-state index < -0.39 is 173 Å². The maximum atomic E-state index is 15.9. The van der Waals surface area contributed by atoms with Gasteiger partial charge in [0.25, 0.3) is 0 Å². The van der Waals surface area contributed by atoms with E-state index in [1.165, 1.54) is 78.6 Å². The number of halogens is 4. The number of nitrogens with zero attached hydrogens (tertiary/aromatic N) is 9. The average molecular weight is 1480 g/mol. The summed E-state index contributed by atoms with van der Waals surface area (Å²) in [5.41, 5.74) is -1.57. The van der Waals surface area contributed by atoms with Crippen molar-refractivity contribution in [1.29, 1.82) is 0 Å².